The van der Waals surface area contributed by atoms with Gasteiger partial charge in [0, 0.05) is 18.8 Å². The minimum atomic E-state index is 0.768. The Morgan fingerprint density at radius 3 is 3.08 bits per heavy atom. The highest BCUT2D eigenvalue weighted by Crippen LogP contribution is 2.27. The summed E-state index contributed by atoms with van der Waals surface area (Å²) in [6.45, 7) is 0. The van der Waals surface area contributed by atoms with Crippen molar-refractivity contribution in [3.8, 4) is 0 Å². The lowest BCUT2D eigenvalue weighted by atomic mass is 10.0. The van der Waals surface area contributed by atoms with Crippen molar-refractivity contribution in [2.75, 3.05) is 11.9 Å². The van der Waals surface area contributed by atoms with E-state index in [1.54, 1.807) is 0 Å². The van der Waals surface area contributed by atoms with E-state index < -0.39 is 0 Å². The SMILES string of the molecule is CN1C=CCc2cccc(C=O)c21. The van der Waals surface area contributed by atoms with Crippen LogP contribution in [0.25, 0.3) is 0 Å². The standard InChI is InChI=1S/C11H11NO/c1-12-7-3-6-9-4-2-5-10(8-13)11(9)12/h2-5,7-8H,6H2,1H3. The van der Waals surface area contributed by atoms with Gasteiger partial charge in [0.15, 0.2) is 6.29 Å². The maximum Gasteiger partial charge on any atom is 0.152 e. The molecule has 0 aromatic heterocycles. The molecule has 0 radical (unpaired) electrons. The van der Waals surface area contributed by atoms with Crippen LogP contribution in [0.15, 0.2) is 30.5 Å². The number of fused-ring (bicyclic) bond motifs is 1. The van der Waals surface area contributed by atoms with E-state index in [1.165, 1.54) is 5.56 Å². The van der Waals surface area contributed by atoms with Gasteiger partial charge in [0.1, 0.15) is 0 Å². The van der Waals surface area contributed by atoms with Crippen LogP contribution < -0.4 is 4.90 Å². The predicted octanol–water partition coefficient (Wildman–Crippen LogP) is 2.01. The van der Waals surface area contributed by atoms with Crippen LogP contribution in [-0.2, 0) is 6.42 Å². The minimum absolute atomic E-state index is 0.768. The topological polar surface area (TPSA) is 20.3 Å². The zero-order chi connectivity index (χ0) is 9.26. The number of carbonyl (C=O) groups is 1. The largest absolute Gasteiger partial charge is 0.351 e. The molecule has 0 unspecified atom stereocenters. The molecule has 1 aliphatic heterocycles. The van der Waals surface area contributed by atoms with Crippen LogP contribution in [0.4, 0.5) is 5.69 Å². The number of para-hydroxylation sites is 1. The molecule has 0 bridgehead atoms. The summed E-state index contributed by atoms with van der Waals surface area (Å²) in [5.41, 5.74) is 3.03. The molecular formula is C11H11NO. The number of anilines is 1. The van der Waals surface area contributed by atoms with E-state index in [0.29, 0.717) is 0 Å². The second kappa shape index (κ2) is 3.05. The summed E-state index contributed by atoms with van der Waals surface area (Å²) in [5.74, 6) is 0. The second-order valence-electron chi connectivity index (χ2n) is 3.17. The maximum absolute atomic E-state index is 10.8. The van der Waals surface area contributed by atoms with E-state index in [0.717, 1.165) is 24.0 Å². The summed E-state index contributed by atoms with van der Waals surface area (Å²) >= 11 is 0. The highest BCUT2D eigenvalue weighted by Gasteiger charge is 2.12. The van der Waals surface area contributed by atoms with Gasteiger partial charge in [-0.25, -0.2) is 0 Å². The van der Waals surface area contributed by atoms with E-state index in [9.17, 15) is 4.79 Å². The normalized spacial score (nSPS) is 14.1. The fourth-order valence-electron chi connectivity index (χ4n) is 1.71. The van der Waals surface area contributed by atoms with E-state index in [4.69, 9.17) is 0 Å². The third-order valence-electron chi connectivity index (χ3n) is 2.30. The number of carbonyl (C=O) groups excluding carboxylic acids is 1. The molecule has 0 amide bonds. The van der Waals surface area contributed by atoms with Crippen LogP contribution in [-0.4, -0.2) is 13.3 Å². The molecule has 1 aromatic carbocycles. The highest BCUT2D eigenvalue weighted by atomic mass is 16.1. The lowest BCUT2D eigenvalue weighted by Gasteiger charge is -2.23. The molecule has 13 heavy (non-hydrogen) atoms. The van der Waals surface area contributed by atoms with Gasteiger partial charge < -0.3 is 4.90 Å². The Kier molecular flexibility index (Phi) is 1.89. The molecule has 1 heterocycles. The van der Waals surface area contributed by atoms with Crippen LogP contribution in [0.5, 0.6) is 0 Å². The van der Waals surface area contributed by atoms with E-state index in [-0.39, 0.29) is 0 Å². The average Bonchev–Trinajstić information content (AvgIpc) is 2.17. The summed E-state index contributed by atoms with van der Waals surface area (Å²) in [4.78, 5) is 12.8. The average molecular weight is 173 g/mol. The van der Waals surface area contributed by atoms with Crippen molar-refractivity contribution < 1.29 is 4.79 Å². The summed E-state index contributed by atoms with van der Waals surface area (Å²) in [6, 6.07) is 5.83. The Balaban J connectivity index is 2.60. The third-order valence-corrected chi connectivity index (χ3v) is 2.30. The zero-order valence-electron chi connectivity index (χ0n) is 7.53. The quantitative estimate of drug-likeness (QED) is 0.605. The molecule has 0 aliphatic carbocycles. The van der Waals surface area contributed by atoms with Crippen LogP contribution in [0, 0.1) is 0 Å². The lowest BCUT2D eigenvalue weighted by Crippen LogP contribution is -2.15. The van der Waals surface area contributed by atoms with Crippen molar-refractivity contribution in [2.45, 2.75) is 6.42 Å². The first-order valence-electron chi connectivity index (χ1n) is 4.29. The van der Waals surface area contributed by atoms with Gasteiger partial charge in [0.25, 0.3) is 0 Å². The third kappa shape index (κ3) is 1.24. The monoisotopic (exact) mass is 173 g/mol. The molecule has 0 fully saturated rings. The Morgan fingerprint density at radius 1 is 1.46 bits per heavy atom. The van der Waals surface area contributed by atoms with Crippen LogP contribution >= 0.6 is 0 Å². The molecule has 2 heteroatoms. The van der Waals surface area contributed by atoms with Gasteiger partial charge in [-0.1, -0.05) is 18.2 Å². The Morgan fingerprint density at radius 2 is 2.31 bits per heavy atom. The first kappa shape index (κ1) is 8.05. The Labute approximate surface area is 77.5 Å². The number of aldehydes is 1. The van der Waals surface area contributed by atoms with Gasteiger partial charge in [0.2, 0.25) is 0 Å². The Hall–Kier alpha value is -1.57. The fraction of sp³-hybridized carbons (Fsp3) is 0.182. The lowest BCUT2D eigenvalue weighted by molar-refractivity contribution is 0.112. The van der Waals surface area contributed by atoms with Crippen LogP contribution in [0.3, 0.4) is 0 Å². The van der Waals surface area contributed by atoms with Gasteiger partial charge in [-0.05, 0) is 18.1 Å². The van der Waals surface area contributed by atoms with Crippen LogP contribution in [0.1, 0.15) is 15.9 Å². The first-order valence-corrected chi connectivity index (χ1v) is 4.29. The number of nitrogens with zero attached hydrogens (tertiary/aromatic N) is 1. The number of rotatable bonds is 1. The first-order chi connectivity index (χ1) is 6.33. The molecule has 2 rings (SSSR count). The fourth-order valence-corrected chi connectivity index (χ4v) is 1.71. The summed E-state index contributed by atoms with van der Waals surface area (Å²) in [6.07, 6.45) is 5.92. The molecule has 0 N–H and O–H groups in total. The summed E-state index contributed by atoms with van der Waals surface area (Å²) < 4.78 is 0. The molecule has 0 saturated carbocycles. The summed E-state index contributed by atoms with van der Waals surface area (Å²) in [5, 5.41) is 0. The van der Waals surface area contributed by atoms with E-state index >= 15 is 0 Å². The van der Waals surface area contributed by atoms with Gasteiger partial charge in [-0.2, -0.15) is 0 Å². The maximum atomic E-state index is 10.8. The number of hydrogen-bond donors (Lipinski definition) is 0. The smallest absolute Gasteiger partial charge is 0.152 e. The van der Waals surface area contributed by atoms with Gasteiger partial charge in [-0.3, -0.25) is 4.79 Å². The predicted molar refractivity (Wildman–Crippen MR) is 53.1 cm³/mol. The van der Waals surface area contributed by atoms with Crippen molar-refractivity contribution in [1.29, 1.82) is 0 Å². The highest BCUT2D eigenvalue weighted by molar-refractivity contribution is 5.87. The van der Waals surface area contributed by atoms with Crippen molar-refractivity contribution in [3.63, 3.8) is 0 Å². The van der Waals surface area contributed by atoms with Gasteiger partial charge in [-0.15, -0.1) is 0 Å². The van der Waals surface area contributed by atoms with Gasteiger partial charge >= 0.3 is 0 Å². The molecule has 0 spiro atoms. The molecule has 1 aromatic rings. The molecular weight excluding hydrogens is 162 g/mol. The van der Waals surface area contributed by atoms with Crippen LogP contribution in [0.2, 0.25) is 0 Å². The second-order valence-corrected chi connectivity index (χ2v) is 3.17. The van der Waals surface area contributed by atoms with E-state index in [1.807, 2.05) is 30.3 Å². The van der Waals surface area contributed by atoms with Crippen molar-refractivity contribution in [1.82, 2.24) is 0 Å². The minimum Gasteiger partial charge on any atom is -0.351 e. The zero-order valence-corrected chi connectivity index (χ0v) is 7.53. The number of hydrogen-bond acceptors (Lipinski definition) is 2. The Bertz CT molecular complexity index is 368. The van der Waals surface area contributed by atoms with Crippen molar-refractivity contribution in [3.05, 3.63) is 41.6 Å². The molecule has 0 saturated heterocycles. The van der Waals surface area contributed by atoms with Gasteiger partial charge in [0.05, 0.1) is 5.69 Å². The molecule has 66 valence electrons. The van der Waals surface area contributed by atoms with E-state index in [2.05, 4.69) is 12.1 Å². The number of benzene rings is 1. The molecule has 1 aliphatic rings. The van der Waals surface area contributed by atoms with Crippen molar-refractivity contribution >= 4 is 12.0 Å². The number of allylic oxidation sites excluding steroid dienone is 1. The summed E-state index contributed by atoms with van der Waals surface area (Å²) in [7, 11) is 1.96. The molecule has 2 nitrogen and oxygen atoms in total. The molecule has 0 atom stereocenters. The van der Waals surface area contributed by atoms with Crippen molar-refractivity contribution in [2.24, 2.45) is 0 Å².